The lowest BCUT2D eigenvalue weighted by Crippen LogP contribution is -1.88. The predicted octanol–water partition coefficient (Wildman–Crippen LogP) is 3.77. The topological polar surface area (TPSA) is 49.8 Å². The molecular weight excluding hydrogens is 232 g/mol. The molecule has 0 aliphatic heterocycles. The zero-order valence-electron chi connectivity index (χ0n) is 9.37. The van der Waals surface area contributed by atoms with Crippen LogP contribution in [-0.2, 0) is 0 Å². The molecule has 0 amide bonds. The number of nitrogen functional groups attached to an aromatic ring is 1. The van der Waals surface area contributed by atoms with Crippen molar-refractivity contribution in [2.24, 2.45) is 0 Å². The number of anilines is 1. The van der Waals surface area contributed by atoms with Gasteiger partial charge in [0.1, 0.15) is 0 Å². The number of nitrogens with zero attached hydrogens (tertiary/aromatic N) is 1. The molecule has 0 aromatic heterocycles. The first-order valence-corrected chi connectivity index (χ1v) is 5.56. The van der Waals surface area contributed by atoms with Crippen molar-refractivity contribution in [1.29, 1.82) is 5.26 Å². The highest BCUT2D eigenvalue weighted by atomic mass is 35.5. The van der Waals surface area contributed by atoms with E-state index in [9.17, 15) is 0 Å². The average molecular weight is 243 g/mol. The second kappa shape index (κ2) is 4.48. The van der Waals surface area contributed by atoms with Gasteiger partial charge in [0.05, 0.1) is 16.7 Å². The average Bonchev–Trinajstić information content (AvgIpc) is 2.30. The predicted molar refractivity (Wildman–Crippen MR) is 70.8 cm³/mol. The third kappa shape index (κ3) is 2.25. The van der Waals surface area contributed by atoms with Crippen LogP contribution in [0.3, 0.4) is 0 Å². The molecule has 0 fully saturated rings. The summed E-state index contributed by atoms with van der Waals surface area (Å²) in [7, 11) is 0. The molecule has 0 spiro atoms. The summed E-state index contributed by atoms with van der Waals surface area (Å²) in [6, 6.07) is 13.3. The maximum Gasteiger partial charge on any atom is 0.0994 e. The minimum absolute atomic E-state index is 0.595. The van der Waals surface area contributed by atoms with Gasteiger partial charge < -0.3 is 5.73 Å². The lowest BCUT2D eigenvalue weighted by molar-refractivity contribution is 1.39. The quantitative estimate of drug-likeness (QED) is 0.774. The summed E-state index contributed by atoms with van der Waals surface area (Å²) in [5, 5.41) is 9.60. The smallest absolute Gasteiger partial charge is 0.0994 e. The molecule has 0 saturated carbocycles. The molecule has 0 unspecified atom stereocenters. The molecule has 2 aromatic rings. The Labute approximate surface area is 105 Å². The van der Waals surface area contributed by atoms with E-state index >= 15 is 0 Å². The highest BCUT2D eigenvalue weighted by molar-refractivity contribution is 6.33. The number of hydrogen-bond donors (Lipinski definition) is 1. The van der Waals surface area contributed by atoms with Crippen LogP contribution in [0.5, 0.6) is 0 Å². The van der Waals surface area contributed by atoms with E-state index < -0.39 is 0 Å². The van der Waals surface area contributed by atoms with Crippen LogP contribution in [-0.4, -0.2) is 0 Å². The van der Waals surface area contributed by atoms with Crippen molar-refractivity contribution in [3.05, 3.63) is 52.5 Å². The molecule has 2 aromatic carbocycles. The maximum atomic E-state index is 9.00. The normalized spacial score (nSPS) is 9.94. The monoisotopic (exact) mass is 242 g/mol. The first kappa shape index (κ1) is 11.5. The Morgan fingerprint density at radius 1 is 1.18 bits per heavy atom. The van der Waals surface area contributed by atoms with E-state index in [-0.39, 0.29) is 0 Å². The summed E-state index contributed by atoms with van der Waals surface area (Å²) in [5.41, 5.74) is 9.72. The van der Waals surface area contributed by atoms with Gasteiger partial charge in [-0.2, -0.15) is 5.26 Å². The van der Waals surface area contributed by atoms with E-state index in [1.54, 1.807) is 12.1 Å². The Kier molecular flexibility index (Phi) is 3.03. The fourth-order valence-electron chi connectivity index (χ4n) is 1.68. The van der Waals surface area contributed by atoms with E-state index in [4.69, 9.17) is 22.6 Å². The van der Waals surface area contributed by atoms with E-state index in [0.29, 0.717) is 16.3 Å². The van der Waals surface area contributed by atoms with Gasteiger partial charge in [-0.3, -0.25) is 0 Å². The van der Waals surface area contributed by atoms with Gasteiger partial charge in [0.15, 0.2) is 0 Å². The van der Waals surface area contributed by atoms with Gasteiger partial charge in [-0.15, -0.1) is 0 Å². The lowest BCUT2D eigenvalue weighted by atomic mass is 10.00. The second-order valence-electron chi connectivity index (χ2n) is 3.88. The zero-order valence-corrected chi connectivity index (χ0v) is 10.1. The fourth-order valence-corrected chi connectivity index (χ4v) is 1.97. The molecule has 0 saturated heterocycles. The van der Waals surface area contributed by atoms with Crippen molar-refractivity contribution in [3.8, 4) is 17.2 Å². The Bertz CT molecular complexity index is 612. The zero-order chi connectivity index (χ0) is 12.4. The van der Waals surface area contributed by atoms with Crippen molar-refractivity contribution in [2.45, 2.75) is 6.92 Å². The molecule has 0 aliphatic rings. The van der Waals surface area contributed by atoms with Crippen molar-refractivity contribution < 1.29 is 0 Å². The molecule has 0 aliphatic carbocycles. The number of nitrogens with two attached hydrogens (primary N) is 1. The van der Waals surface area contributed by atoms with Gasteiger partial charge >= 0.3 is 0 Å². The highest BCUT2D eigenvalue weighted by Gasteiger charge is 2.06. The number of nitriles is 1. The second-order valence-corrected chi connectivity index (χ2v) is 4.29. The Balaban J connectivity index is 2.58. The standard InChI is InChI=1S/C14H11ClN2/c1-9-2-3-10(6-11(9)8-16)13-5-4-12(17)7-14(13)15/h2-7H,17H2,1H3. The maximum absolute atomic E-state index is 9.00. The summed E-state index contributed by atoms with van der Waals surface area (Å²) in [6.45, 7) is 1.91. The number of aryl methyl sites for hydroxylation is 1. The fraction of sp³-hybridized carbons (Fsp3) is 0.0714. The number of halogens is 1. The van der Waals surface area contributed by atoms with Crippen molar-refractivity contribution >= 4 is 17.3 Å². The van der Waals surface area contributed by atoms with Crippen molar-refractivity contribution in [1.82, 2.24) is 0 Å². The van der Waals surface area contributed by atoms with Crippen LogP contribution in [0.1, 0.15) is 11.1 Å². The molecule has 17 heavy (non-hydrogen) atoms. The molecule has 0 heterocycles. The molecule has 2 rings (SSSR count). The number of rotatable bonds is 1. The van der Waals surface area contributed by atoms with Gasteiger partial charge in [-0.25, -0.2) is 0 Å². The van der Waals surface area contributed by atoms with Gasteiger partial charge in [-0.05, 0) is 36.2 Å². The van der Waals surface area contributed by atoms with E-state index in [0.717, 1.165) is 16.7 Å². The first-order valence-electron chi connectivity index (χ1n) is 5.18. The number of hydrogen-bond acceptors (Lipinski definition) is 2. The first-order chi connectivity index (χ1) is 8.11. The molecule has 0 bridgehead atoms. The van der Waals surface area contributed by atoms with Crippen LogP contribution in [0.2, 0.25) is 5.02 Å². The van der Waals surface area contributed by atoms with Gasteiger partial charge in [0.2, 0.25) is 0 Å². The SMILES string of the molecule is Cc1ccc(-c2ccc(N)cc2Cl)cc1C#N. The summed E-state index contributed by atoms with van der Waals surface area (Å²) in [5.74, 6) is 0. The van der Waals surface area contributed by atoms with Gasteiger partial charge in [0.25, 0.3) is 0 Å². The summed E-state index contributed by atoms with van der Waals surface area (Å²) in [6.07, 6.45) is 0. The highest BCUT2D eigenvalue weighted by Crippen LogP contribution is 2.30. The lowest BCUT2D eigenvalue weighted by Gasteiger charge is -2.07. The Hall–Kier alpha value is -1.98. The third-order valence-electron chi connectivity index (χ3n) is 2.66. The van der Waals surface area contributed by atoms with Crippen LogP contribution in [0.4, 0.5) is 5.69 Å². The van der Waals surface area contributed by atoms with E-state index in [1.807, 2.05) is 31.2 Å². The third-order valence-corrected chi connectivity index (χ3v) is 2.97. The molecule has 2 nitrogen and oxygen atoms in total. The molecular formula is C14H11ClN2. The van der Waals surface area contributed by atoms with E-state index in [2.05, 4.69) is 6.07 Å². The minimum atomic E-state index is 0.595. The van der Waals surface area contributed by atoms with Crippen molar-refractivity contribution in [3.63, 3.8) is 0 Å². The van der Waals surface area contributed by atoms with Gasteiger partial charge in [-0.1, -0.05) is 29.8 Å². The number of benzene rings is 2. The van der Waals surface area contributed by atoms with E-state index in [1.165, 1.54) is 0 Å². The molecule has 2 N–H and O–H groups in total. The summed E-state index contributed by atoms with van der Waals surface area (Å²) < 4.78 is 0. The van der Waals surface area contributed by atoms with Gasteiger partial charge in [0, 0.05) is 11.3 Å². The van der Waals surface area contributed by atoms with Crippen LogP contribution in [0.25, 0.3) is 11.1 Å². The van der Waals surface area contributed by atoms with Crippen LogP contribution < -0.4 is 5.73 Å². The molecule has 84 valence electrons. The molecule has 3 heteroatoms. The Morgan fingerprint density at radius 2 is 1.94 bits per heavy atom. The Morgan fingerprint density at radius 3 is 2.59 bits per heavy atom. The summed E-state index contributed by atoms with van der Waals surface area (Å²) in [4.78, 5) is 0. The van der Waals surface area contributed by atoms with Crippen LogP contribution in [0, 0.1) is 18.3 Å². The summed E-state index contributed by atoms with van der Waals surface area (Å²) >= 11 is 6.14. The molecule has 0 atom stereocenters. The minimum Gasteiger partial charge on any atom is -0.399 e. The van der Waals surface area contributed by atoms with Crippen molar-refractivity contribution in [2.75, 3.05) is 5.73 Å². The van der Waals surface area contributed by atoms with Crippen LogP contribution in [0.15, 0.2) is 36.4 Å². The molecule has 0 radical (unpaired) electrons. The largest absolute Gasteiger partial charge is 0.399 e. The van der Waals surface area contributed by atoms with Crippen LogP contribution >= 0.6 is 11.6 Å².